The van der Waals surface area contributed by atoms with Crippen molar-refractivity contribution < 1.29 is 13.6 Å². The van der Waals surface area contributed by atoms with Gasteiger partial charge in [-0.2, -0.15) is 0 Å². The molecular weight excluding hydrogens is 178 g/mol. The minimum atomic E-state index is -2.46. The minimum absolute atomic E-state index is 0.255. The molecule has 1 amide bonds. The molecule has 0 aliphatic heterocycles. The lowest BCUT2D eigenvalue weighted by Crippen LogP contribution is -2.38. The first-order valence-corrected chi connectivity index (χ1v) is 4.16. The Kier molecular flexibility index (Phi) is 5.53. The van der Waals surface area contributed by atoms with E-state index in [1.165, 1.54) is 7.05 Å². The number of rotatable bonds is 5. The number of carbonyl (C=O) groups is 1. The molecule has 0 radical (unpaired) electrons. The average Bonchev–Trinajstić information content (AvgIpc) is 2.02. The third-order valence-corrected chi connectivity index (χ3v) is 1.72. The topological polar surface area (TPSA) is 32.3 Å². The molecule has 78 valence electrons. The second kappa shape index (κ2) is 5.85. The van der Waals surface area contributed by atoms with Crippen molar-refractivity contribution in [2.75, 3.05) is 27.2 Å². The van der Waals surface area contributed by atoms with Crippen molar-refractivity contribution in [3.8, 4) is 0 Å². The van der Waals surface area contributed by atoms with Crippen LogP contribution in [0.15, 0.2) is 0 Å². The highest BCUT2D eigenvalue weighted by atomic mass is 19.3. The van der Waals surface area contributed by atoms with Gasteiger partial charge in [0, 0.05) is 19.5 Å². The van der Waals surface area contributed by atoms with Crippen LogP contribution in [0.2, 0.25) is 0 Å². The summed E-state index contributed by atoms with van der Waals surface area (Å²) in [6.07, 6.45) is -2.46. The fourth-order valence-electron chi connectivity index (χ4n) is 1.07. The molecule has 1 atom stereocenters. The van der Waals surface area contributed by atoms with Gasteiger partial charge in [0.15, 0.2) is 0 Å². The molecule has 5 heteroatoms. The smallest absolute Gasteiger partial charge is 0.255 e. The third-order valence-electron chi connectivity index (χ3n) is 1.72. The predicted molar refractivity (Wildman–Crippen MR) is 46.7 cm³/mol. The summed E-state index contributed by atoms with van der Waals surface area (Å²) < 4.78 is 23.8. The monoisotopic (exact) mass is 194 g/mol. The Morgan fingerprint density at radius 1 is 1.54 bits per heavy atom. The summed E-state index contributed by atoms with van der Waals surface area (Å²) in [7, 11) is 3.11. The van der Waals surface area contributed by atoms with Crippen LogP contribution < -0.4 is 5.32 Å². The van der Waals surface area contributed by atoms with Gasteiger partial charge in [-0.1, -0.05) is 6.92 Å². The summed E-state index contributed by atoms with van der Waals surface area (Å²) in [4.78, 5) is 12.4. The van der Waals surface area contributed by atoms with Crippen molar-refractivity contribution in [2.24, 2.45) is 5.92 Å². The van der Waals surface area contributed by atoms with Crippen molar-refractivity contribution in [2.45, 2.75) is 13.3 Å². The Morgan fingerprint density at radius 2 is 2.08 bits per heavy atom. The molecule has 0 saturated carbocycles. The first-order chi connectivity index (χ1) is 5.99. The molecule has 0 heterocycles. The van der Waals surface area contributed by atoms with Gasteiger partial charge in [-0.15, -0.1) is 0 Å². The summed E-state index contributed by atoms with van der Waals surface area (Å²) in [5.74, 6) is -0.511. The van der Waals surface area contributed by atoms with E-state index in [2.05, 4.69) is 5.32 Å². The zero-order valence-electron chi connectivity index (χ0n) is 8.18. The predicted octanol–water partition coefficient (Wildman–Crippen LogP) is 0.565. The number of alkyl halides is 2. The highest BCUT2D eigenvalue weighted by Crippen LogP contribution is 2.02. The van der Waals surface area contributed by atoms with Crippen LogP contribution in [-0.2, 0) is 4.79 Å². The molecule has 0 aromatic rings. The van der Waals surface area contributed by atoms with Crippen molar-refractivity contribution >= 4 is 5.91 Å². The molecule has 0 aliphatic rings. The standard InChI is InChI=1S/C8H16F2N2O/c1-6(4-11-2)8(13)12(3)5-7(9)10/h6-7,11H,4-5H2,1-3H3. The normalized spacial score (nSPS) is 13.1. The molecule has 0 rings (SSSR count). The largest absolute Gasteiger partial charge is 0.340 e. The van der Waals surface area contributed by atoms with Crippen LogP contribution in [0, 0.1) is 5.92 Å². The van der Waals surface area contributed by atoms with Crippen molar-refractivity contribution in [1.29, 1.82) is 0 Å². The van der Waals surface area contributed by atoms with Gasteiger partial charge in [0.1, 0.15) is 0 Å². The Hall–Kier alpha value is -0.710. The van der Waals surface area contributed by atoms with Crippen LogP contribution in [0.4, 0.5) is 8.78 Å². The van der Waals surface area contributed by atoms with E-state index in [1.54, 1.807) is 14.0 Å². The molecule has 0 saturated heterocycles. The molecular formula is C8H16F2N2O. The van der Waals surface area contributed by atoms with Gasteiger partial charge < -0.3 is 10.2 Å². The van der Waals surface area contributed by atoms with E-state index in [9.17, 15) is 13.6 Å². The zero-order chi connectivity index (χ0) is 10.4. The van der Waals surface area contributed by atoms with Crippen LogP contribution in [-0.4, -0.2) is 44.4 Å². The molecule has 1 N–H and O–H groups in total. The zero-order valence-corrected chi connectivity index (χ0v) is 8.18. The number of hydrogen-bond donors (Lipinski definition) is 1. The van der Waals surface area contributed by atoms with E-state index in [1.807, 2.05) is 0 Å². The summed E-state index contributed by atoms with van der Waals surface area (Å²) in [5, 5.41) is 2.82. The number of carbonyl (C=O) groups excluding carboxylic acids is 1. The fraction of sp³-hybridized carbons (Fsp3) is 0.875. The van der Waals surface area contributed by atoms with Crippen molar-refractivity contribution in [3.63, 3.8) is 0 Å². The first kappa shape index (κ1) is 12.3. The minimum Gasteiger partial charge on any atom is -0.340 e. The molecule has 0 fully saturated rings. The third kappa shape index (κ3) is 4.77. The number of nitrogens with one attached hydrogen (secondary N) is 1. The van der Waals surface area contributed by atoms with Crippen molar-refractivity contribution in [3.05, 3.63) is 0 Å². The second-order valence-electron chi connectivity index (χ2n) is 3.07. The van der Waals surface area contributed by atoms with Crippen molar-refractivity contribution in [1.82, 2.24) is 10.2 Å². The molecule has 0 bridgehead atoms. The average molecular weight is 194 g/mol. The number of halogens is 2. The van der Waals surface area contributed by atoms with E-state index in [-0.39, 0.29) is 11.8 Å². The number of nitrogens with zero attached hydrogens (tertiary/aromatic N) is 1. The lowest BCUT2D eigenvalue weighted by atomic mass is 10.1. The Labute approximate surface area is 77.1 Å². The molecule has 0 aromatic heterocycles. The lowest BCUT2D eigenvalue weighted by molar-refractivity contribution is -0.135. The Bertz CT molecular complexity index is 164. The van der Waals surface area contributed by atoms with E-state index in [0.29, 0.717) is 6.54 Å². The SMILES string of the molecule is CNCC(C)C(=O)N(C)CC(F)F. The Balaban J connectivity index is 3.94. The van der Waals surface area contributed by atoms with E-state index in [4.69, 9.17) is 0 Å². The second-order valence-corrected chi connectivity index (χ2v) is 3.07. The summed E-state index contributed by atoms with van der Waals surface area (Å²) in [5.41, 5.74) is 0. The van der Waals surface area contributed by atoms with E-state index >= 15 is 0 Å². The van der Waals surface area contributed by atoms with Gasteiger partial charge in [-0.25, -0.2) is 8.78 Å². The van der Waals surface area contributed by atoms with Crippen LogP contribution in [0.5, 0.6) is 0 Å². The van der Waals surface area contributed by atoms with E-state index in [0.717, 1.165) is 4.90 Å². The number of hydrogen-bond acceptors (Lipinski definition) is 2. The fourth-order valence-corrected chi connectivity index (χ4v) is 1.07. The molecule has 1 unspecified atom stereocenters. The van der Waals surface area contributed by atoms with E-state index < -0.39 is 13.0 Å². The van der Waals surface area contributed by atoms with Gasteiger partial charge in [0.05, 0.1) is 6.54 Å². The van der Waals surface area contributed by atoms with Crippen LogP contribution >= 0.6 is 0 Å². The maximum absolute atomic E-state index is 11.9. The summed E-state index contributed by atoms with van der Waals surface area (Å²) in [6.45, 7) is 1.72. The summed E-state index contributed by atoms with van der Waals surface area (Å²) >= 11 is 0. The summed E-state index contributed by atoms with van der Waals surface area (Å²) in [6, 6.07) is 0. The molecule has 0 aromatic carbocycles. The Morgan fingerprint density at radius 3 is 2.46 bits per heavy atom. The molecule has 13 heavy (non-hydrogen) atoms. The maximum Gasteiger partial charge on any atom is 0.255 e. The lowest BCUT2D eigenvalue weighted by Gasteiger charge is -2.20. The quantitative estimate of drug-likeness (QED) is 0.693. The molecule has 0 aliphatic carbocycles. The highest BCUT2D eigenvalue weighted by Gasteiger charge is 2.19. The van der Waals surface area contributed by atoms with Crippen LogP contribution in [0.3, 0.4) is 0 Å². The van der Waals surface area contributed by atoms with Gasteiger partial charge in [0.2, 0.25) is 5.91 Å². The maximum atomic E-state index is 11.9. The van der Waals surface area contributed by atoms with Crippen LogP contribution in [0.25, 0.3) is 0 Å². The van der Waals surface area contributed by atoms with Gasteiger partial charge in [0.25, 0.3) is 6.43 Å². The first-order valence-electron chi connectivity index (χ1n) is 4.16. The van der Waals surface area contributed by atoms with Crippen LogP contribution in [0.1, 0.15) is 6.92 Å². The molecule has 3 nitrogen and oxygen atoms in total. The number of amides is 1. The highest BCUT2D eigenvalue weighted by molar-refractivity contribution is 5.78. The van der Waals surface area contributed by atoms with Gasteiger partial charge >= 0.3 is 0 Å². The molecule has 0 spiro atoms. The van der Waals surface area contributed by atoms with Gasteiger partial charge in [-0.3, -0.25) is 4.79 Å². The van der Waals surface area contributed by atoms with Gasteiger partial charge in [-0.05, 0) is 7.05 Å².